The fourth-order valence-electron chi connectivity index (χ4n) is 3.60. The molecule has 1 amide bonds. The van der Waals surface area contributed by atoms with Crippen LogP contribution in [0.2, 0.25) is 0 Å². The predicted molar refractivity (Wildman–Crippen MR) is 119 cm³/mol. The Kier molecular flexibility index (Phi) is 6.48. The maximum Gasteiger partial charge on any atom is 0.251 e. The van der Waals surface area contributed by atoms with Crippen molar-refractivity contribution in [2.75, 3.05) is 20.3 Å². The number of pyridine rings is 1. The van der Waals surface area contributed by atoms with Gasteiger partial charge in [0.25, 0.3) is 5.91 Å². The van der Waals surface area contributed by atoms with Crippen LogP contribution in [-0.4, -0.2) is 36.1 Å². The van der Waals surface area contributed by atoms with Gasteiger partial charge in [-0.05, 0) is 36.8 Å². The number of hydrogen-bond donors (Lipinski definition) is 1. The van der Waals surface area contributed by atoms with E-state index in [0.29, 0.717) is 37.7 Å². The topological polar surface area (TPSA) is 63.7 Å². The summed E-state index contributed by atoms with van der Waals surface area (Å²) in [6.07, 6.45) is 0. The molecule has 3 aromatic rings. The Morgan fingerprint density at radius 3 is 2.81 bits per heavy atom. The van der Waals surface area contributed by atoms with Crippen molar-refractivity contribution in [3.63, 3.8) is 0 Å². The summed E-state index contributed by atoms with van der Waals surface area (Å²) in [4.78, 5) is 19.5. The maximum absolute atomic E-state index is 12.7. The molecule has 0 atom stereocenters. The highest BCUT2D eigenvalue weighted by Crippen LogP contribution is 2.25. The summed E-state index contributed by atoms with van der Waals surface area (Å²) in [6.45, 7) is 5.30. The standard InChI is InChI=1S/C25H27N3O3/c1-18-6-8-19(9-7-18)15-26-25(29)20-10-11-23-21(14-20)16-28(12-13-31-23)17-22-4-3-5-24(27-22)30-2/h3-11,14H,12-13,15-17H2,1-2H3,(H,26,29). The lowest BCUT2D eigenvalue weighted by Crippen LogP contribution is -2.26. The quantitative estimate of drug-likeness (QED) is 0.662. The second-order valence-corrected chi connectivity index (χ2v) is 7.72. The third kappa shape index (κ3) is 5.41. The number of nitrogens with zero attached hydrogens (tertiary/aromatic N) is 2. The molecule has 0 fully saturated rings. The first kappa shape index (κ1) is 20.9. The number of nitrogens with one attached hydrogen (secondary N) is 1. The van der Waals surface area contributed by atoms with Gasteiger partial charge in [-0.2, -0.15) is 0 Å². The molecule has 1 aromatic heterocycles. The van der Waals surface area contributed by atoms with Crippen LogP contribution in [0, 0.1) is 6.92 Å². The largest absolute Gasteiger partial charge is 0.492 e. The minimum absolute atomic E-state index is 0.0892. The van der Waals surface area contributed by atoms with Gasteiger partial charge < -0.3 is 14.8 Å². The predicted octanol–water partition coefficient (Wildman–Crippen LogP) is 3.72. The van der Waals surface area contributed by atoms with Crippen LogP contribution in [0.1, 0.15) is 32.7 Å². The van der Waals surface area contributed by atoms with Crippen LogP contribution in [0.3, 0.4) is 0 Å². The van der Waals surface area contributed by atoms with Crippen molar-refractivity contribution in [3.8, 4) is 11.6 Å². The first-order valence-electron chi connectivity index (χ1n) is 10.4. The van der Waals surface area contributed by atoms with Gasteiger partial charge in [0, 0.05) is 43.4 Å². The average molecular weight is 418 g/mol. The molecular formula is C25H27N3O3. The Morgan fingerprint density at radius 2 is 2.00 bits per heavy atom. The van der Waals surface area contributed by atoms with E-state index in [1.165, 1.54) is 5.56 Å². The molecule has 6 heteroatoms. The molecule has 0 aliphatic carbocycles. The first-order valence-corrected chi connectivity index (χ1v) is 10.4. The van der Waals surface area contributed by atoms with Gasteiger partial charge >= 0.3 is 0 Å². The van der Waals surface area contributed by atoms with Crippen LogP contribution in [0.4, 0.5) is 0 Å². The summed E-state index contributed by atoms with van der Waals surface area (Å²) in [6, 6.07) is 19.6. The van der Waals surface area contributed by atoms with Crippen molar-refractivity contribution in [3.05, 3.63) is 88.6 Å². The number of carbonyl (C=O) groups is 1. The first-order chi connectivity index (χ1) is 15.1. The zero-order valence-corrected chi connectivity index (χ0v) is 17.9. The Balaban J connectivity index is 1.44. The van der Waals surface area contributed by atoms with E-state index in [9.17, 15) is 4.79 Å². The monoisotopic (exact) mass is 417 g/mol. The summed E-state index contributed by atoms with van der Waals surface area (Å²) in [7, 11) is 1.62. The molecule has 2 aromatic carbocycles. The van der Waals surface area contributed by atoms with Crippen LogP contribution in [0.15, 0.2) is 60.7 Å². The molecule has 0 bridgehead atoms. The number of ether oxygens (including phenoxy) is 2. The molecule has 1 aliphatic heterocycles. The number of rotatable bonds is 6. The van der Waals surface area contributed by atoms with E-state index in [4.69, 9.17) is 9.47 Å². The van der Waals surface area contributed by atoms with E-state index < -0.39 is 0 Å². The molecule has 0 spiro atoms. The van der Waals surface area contributed by atoms with E-state index in [0.717, 1.165) is 29.1 Å². The van der Waals surface area contributed by atoms with E-state index in [1.54, 1.807) is 7.11 Å². The Morgan fingerprint density at radius 1 is 1.16 bits per heavy atom. The molecule has 0 radical (unpaired) electrons. The number of hydrogen-bond acceptors (Lipinski definition) is 5. The molecule has 31 heavy (non-hydrogen) atoms. The van der Waals surface area contributed by atoms with E-state index in [1.807, 2.05) is 67.6 Å². The lowest BCUT2D eigenvalue weighted by atomic mass is 10.1. The molecule has 4 rings (SSSR count). The number of fused-ring (bicyclic) bond motifs is 1. The number of amides is 1. The maximum atomic E-state index is 12.7. The van der Waals surface area contributed by atoms with Crippen molar-refractivity contribution < 1.29 is 14.3 Å². The number of methoxy groups -OCH3 is 1. The smallest absolute Gasteiger partial charge is 0.251 e. The number of carbonyl (C=O) groups excluding carboxylic acids is 1. The molecule has 2 heterocycles. The van der Waals surface area contributed by atoms with Gasteiger partial charge in [0.1, 0.15) is 12.4 Å². The Labute approximate surface area is 182 Å². The average Bonchev–Trinajstić information content (AvgIpc) is 2.99. The van der Waals surface area contributed by atoms with Gasteiger partial charge in [0.2, 0.25) is 5.88 Å². The normalized spacial score (nSPS) is 13.6. The second-order valence-electron chi connectivity index (χ2n) is 7.72. The zero-order valence-electron chi connectivity index (χ0n) is 17.9. The molecular weight excluding hydrogens is 390 g/mol. The minimum atomic E-state index is -0.0892. The van der Waals surface area contributed by atoms with E-state index in [-0.39, 0.29) is 5.91 Å². The van der Waals surface area contributed by atoms with Crippen molar-refractivity contribution in [1.29, 1.82) is 0 Å². The molecule has 1 aliphatic rings. The van der Waals surface area contributed by atoms with Gasteiger partial charge in [-0.15, -0.1) is 0 Å². The second kappa shape index (κ2) is 9.62. The lowest BCUT2D eigenvalue weighted by Gasteiger charge is -2.19. The minimum Gasteiger partial charge on any atom is -0.492 e. The third-order valence-electron chi connectivity index (χ3n) is 5.33. The lowest BCUT2D eigenvalue weighted by molar-refractivity contribution is 0.0950. The van der Waals surface area contributed by atoms with E-state index in [2.05, 4.69) is 15.2 Å². The summed E-state index contributed by atoms with van der Waals surface area (Å²) >= 11 is 0. The Bertz CT molecular complexity index is 1050. The van der Waals surface area contributed by atoms with Crippen molar-refractivity contribution in [1.82, 2.24) is 15.2 Å². The van der Waals surface area contributed by atoms with Crippen LogP contribution in [-0.2, 0) is 19.6 Å². The Hall–Kier alpha value is -3.38. The summed E-state index contributed by atoms with van der Waals surface area (Å²) < 4.78 is 11.1. The molecule has 1 N–H and O–H groups in total. The number of aromatic nitrogens is 1. The van der Waals surface area contributed by atoms with Crippen LogP contribution >= 0.6 is 0 Å². The van der Waals surface area contributed by atoms with Crippen molar-refractivity contribution in [2.45, 2.75) is 26.6 Å². The number of benzene rings is 2. The van der Waals surface area contributed by atoms with Crippen molar-refractivity contribution >= 4 is 5.91 Å². The van der Waals surface area contributed by atoms with Crippen LogP contribution in [0.25, 0.3) is 0 Å². The molecule has 0 saturated heterocycles. The number of aryl methyl sites for hydroxylation is 1. The highest BCUT2D eigenvalue weighted by molar-refractivity contribution is 5.94. The van der Waals surface area contributed by atoms with Crippen LogP contribution < -0.4 is 14.8 Å². The zero-order chi connectivity index (χ0) is 21.6. The van der Waals surface area contributed by atoms with Gasteiger partial charge in [0.05, 0.1) is 12.8 Å². The highest BCUT2D eigenvalue weighted by Gasteiger charge is 2.18. The fourth-order valence-corrected chi connectivity index (χ4v) is 3.60. The highest BCUT2D eigenvalue weighted by atomic mass is 16.5. The summed E-state index contributed by atoms with van der Waals surface area (Å²) in [5.41, 5.74) is 4.86. The van der Waals surface area contributed by atoms with Gasteiger partial charge in [-0.3, -0.25) is 9.69 Å². The summed E-state index contributed by atoms with van der Waals surface area (Å²) in [5, 5.41) is 3.00. The molecule has 0 unspecified atom stereocenters. The van der Waals surface area contributed by atoms with Crippen LogP contribution in [0.5, 0.6) is 11.6 Å². The fraction of sp³-hybridized carbons (Fsp3) is 0.280. The van der Waals surface area contributed by atoms with Gasteiger partial charge in [-0.1, -0.05) is 35.9 Å². The molecule has 160 valence electrons. The van der Waals surface area contributed by atoms with E-state index >= 15 is 0 Å². The van der Waals surface area contributed by atoms with Crippen molar-refractivity contribution in [2.24, 2.45) is 0 Å². The molecule has 6 nitrogen and oxygen atoms in total. The van der Waals surface area contributed by atoms with Gasteiger partial charge in [0.15, 0.2) is 0 Å². The molecule has 0 saturated carbocycles. The third-order valence-corrected chi connectivity index (χ3v) is 5.33. The van der Waals surface area contributed by atoms with Gasteiger partial charge in [-0.25, -0.2) is 4.98 Å². The summed E-state index contributed by atoms with van der Waals surface area (Å²) in [5.74, 6) is 1.35. The SMILES string of the molecule is COc1cccc(CN2CCOc3ccc(C(=O)NCc4ccc(C)cc4)cc3C2)n1.